The molecule has 1 fully saturated rings. The van der Waals surface area contributed by atoms with Gasteiger partial charge in [-0.15, -0.1) is 0 Å². The first kappa shape index (κ1) is 9.52. The summed E-state index contributed by atoms with van der Waals surface area (Å²) in [5.74, 6) is 1.61. The topological polar surface area (TPSA) is 50.1 Å². The molecule has 78 valence electrons. The van der Waals surface area contributed by atoms with Gasteiger partial charge in [-0.25, -0.2) is 4.98 Å². The lowest BCUT2D eigenvalue weighted by atomic mass is 9.98. The molecule has 2 heterocycles. The van der Waals surface area contributed by atoms with Gasteiger partial charge in [-0.3, -0.25) is 0 Å². The van der Waals surface area contributed by atoms with E-state index in [1.165, 1.54) is 12.8 Å². The molecule has 0 saturated carbocycles. The third kappa shape index (κ3) is 2.48. The van der Waals surface area contributed by atoms with E-state index in [1.54, 1.807) is 6.20 Å². The zero-order valence-electron chi connectivity index (χ0n) is 8.55. The van der Waals surface area contributed by atoms with Crippen molar-refractivity contribution in [3.05, 3.63) is 12.0 Å². The molecule has 0 amide bonds. The third-order valence-corrected chi connectivity index (χ3v) is 2.62. The quantitative estimate of drug-likeness (QED) is 0.765. The Kier molecular flexibility index (Phi) is 3.03. The van der Waals surface area contributed by atoms with E-state index in [4.69, 9.17) is 4.42 Å². The predicted octanol–water partition coefficient (Wildman–Crippen LogP) is 1.39. The van der Waals surface area contributed by atoms with Gasteiger partial charge in [-0.05, 0) is 38.8 Å². The molecule has 2 rings (SSSR count). The van der Waals surface area contributed by atoms with E-state index < -0.39 is 0 Å². The van der Waals surface area contributed by atoms with Crippen molar-refractivity contribution >= 4 is 6.01 Å². The van der Waals surface area contributed by atoms with Gasteiger partial charge in [0.1, 0.15) is 5.76 Å². The zero-order valence-corrected chi connectivity index (χ0v) is 8.55. The lowest BCUT2D eigenvalue weighted by molar-refractivity contribution is 0.386. The van der Waals surface area contributed by atoms with Gasteiger partial charge >= 0.3 is 0 Å². The van der Waals surface area contributed by atoms with Crippen molar-refractivity contribution in [1.29, 1.82) is 0 Å². The second kappa shape index (κ2) is 4.46. The van der Waals surface area contributed by atoms with Crippen molar-refractivity contribution < 1.29 is 4.42 Å². The first-order valence-corrected chi connectivity index (χ1v) is 5.21. The second-order valence-electron chi connectivity index (χ2n) is 3.85. The summed E-state index contributed by atoms with van der Waals surface area (Å²) in [5.41, 5.74) is 0. The van der Waals surface area contributed by atoms with Crippen LogP contribution < -0.4 is 10.6 Å². The smallest absolute Gasteiger partial charge is 0.294 e. The molecule has 0 unspecified atom stereocenters. The summed E-state index contributed by atoms with van der Waals surface area (Å²) in [6, 6.07) is 0.654. The van der Waals surface area contributed by atoms with E-state index in [2.05, 4.69) is 15.6 Å². The fraction of sp³-hybridized carbons (Fsp3) is 0.700. The minimum atomic E-state index is 0.654. The van der Waals surface area contributed by atoms with E-state index in [0.29, 0.717) is 6.01 Å². The van der Waals surface area contributed by atoms with Gasteiger partial charge in [0.05, 0.1) is 6.20 Å². The maximum atomic E-state index is 5.34. The van der Waals surface area contributed by atoms with Crippen molar-refractivity contribution in [2.75, 3.05) is 25.0 Å². The van der Waals surface area contributed by atoms with Crippen LogP contribution in [0, 0.1) is 12.8 Å². The van der Waals surface area contributed by atoms with Crippen molar-refractivity contribution in [3.8, 4) is 0 Å². The molecule has 4 nitrogen and oxygen atoms in total. The molecule has 1 aromatic rings. The average molecular weight is 195 g/mol. The molecule has 0 spiro atoms. The van der Waals surface area contributed by atoms with Crippen molar-refractivity contribution in [2.45, 2.75) is 19.8 Å². The lowest BCUT2D eigenvalue weighted by Gasteiger charge is -2.22. The minimum Gasteiger partial charge on any atom is -0.429 e. The summed E-state index contributed by atoms with van der Waals surface area (Å²) < 4.78 is 5.34. The van der Waals surface area contributed by atoms with Crippen LogP contribution in [0.2, 0.25) is 0 Å². The zero-order chi connectivity index (χ0) is 9.80. The van der Waals surface area contributed by atoms with Gasteiger partial charge in [0.15, 0.2) is 0 Å². The molecule has 4 heteroatoms. The molecular formula is C10H17N3O. The van der Waals surface area contributed by atoms with Gasteiger partial charge in [-0.2, -0.15) is 0 Å². The van der Waals surface area contributed by atoms with E-state index in [-0.39, 0.29) is 0 Å². The Morgan fingerprint density at radius 1 is 1.57 bits per heavy atom. The number of aryl methyl sites for hydroxylation is 1. The van der Waals surface area contributed by atoms with Gasteiger partial charge in [0.2, 0.25) is 0 Å². The number of piperidine rings is 1. The Hall–Kier alpha value is -1.03. The Balaban J connectivity index is 1.76. The molecule has 0 bridgehead atoms. The average Bonchev–Trinajstić information content (AvgIpc) is 2.63. The second-order valence-corrected chi connectivity index (χ2v) is 3.85. The number of nitrogens with zero attached hydrogens (tertiary/aromatic N) is 1. The molecule has 0 atom stereocenters. The molecule has 0 radical (unpaired) electrons. The molecule has 1 saturated heterocycles. The molecular weight excluding hydrogens is 178 g/mol. The van der Waals surface area contributed by atoms with Crippen LogP contribution in [0.3, 0.4) is 0 Å². The predicted molar refractivity (Wildman–Crippen MR) is 55.3 cm³/mol. The highest BCUT2D eigenvalue weighted by Gasteiger charge is 2.13. The molecule has 14 heavy (non-hydrogen) atoms. The SMILES string of the molecule is Cc1cnc(NCC2CCNCC2)o1. The Morgan fingerprint density at radius 3 is 3.00 bits per heavy atom. The highest BCUT2D eigenvalue weighted by molar-refractivity contribution is 5.19. The number of rotatable bonds is 3. The normalized spacial score (nSPS) is 18.4. The van der Waals surface area contributed by atoms with Gasteiger partial charge in [0.25, 0.3) is 6.01 Å². The Labute approximate surface area is 84.1 Å². The molecule has 1 aromatic heterocycles. The first-order chi connectivity index (χ1) is 6.84. The molecule has 2 N–H and O–H groups in total. The van der Waals surface area contributed by atoms with E-state index >= 15 is 0 Å². The molecule has 0 aliphatic carbocycles. The maximum Gasteiger partial charge on any atom is 0.294 e. The summed E-state index contributed by atoms with van der Waals surface area (Å²) in [5, 5.41) is 6.58. The van der Waals surface area contributed by atoms with Gasteiger partial charge < -0.3 is 15.1 Å². The lowest BCUT2D eigenvalue weighted by Crippen LogP contribution is -2.31. The highest BCUT2D eigenvalue weighted by Crippen LogP contribution is 2.13. The minimum absolute atomic E-state index is 0.654. The van der Waals surface area contributed by atoms with E-state index in [1.807, 2.05) is 6.92 Å². The van der Waals surface area contributed by atoms with Crippen LogP contribution in [0.15, 0.2) is 10.6 Å². The largest absolute Gasteiger partial charge is 0.429 e. The van der Waals surface area contributed by atoms with Crippen molar-refractivity contribution in [2.24, 2.45) is 5.92 Å². The fourth-order valence-corrected chi connectivity index (χ4v) is 1.75. The van der Waals surface area contributed by atoms with Crippen LogP contribution in [-0.2, 0) is 0 Å². The summed E-state index contributed by atoms with van der Waals surface area (Å²) in [7, 11) is 0. The Morgan fingerprint density at radius 2 is 2.36 bits per heavy atom. The summed E-state index contributed by atoms with van der Waals surface area (Å²) in [6.07, 6.45) is 4.23. The number of oxazole rings is 1. The van der Waals surface area contributed by atoms with Crippen molar-refractivity contribution in [1.82, 2.24) is 10.3 Å². The van der Waals surface area contributed by atoms with Crippen LogP contribution >= 0.6 is 0 Å². The Bertz CT molecular complexity index is 279. The molecule has 1 aliphatic heterocycles. The number of anilines is 1. The van der Waals surface area contributed by atoms with Crippen LogP contribution in [0.1, 0.15) is 18.6 Å². The molecule has 0 aromatic carbocycles. The van der Waals surface area contributed by atoms with Crippen LogP contribution in [0.5, 0.6) is 0 Å². The number of nitrogens with one attached hydrogen (secondary N) is 2. The van der Waals surface area contributed by atoms with Crippen LogP contribution in [0.25, 0.3) is 0 Å². The van der Waals surface area contributed by atoms with Crippen LogP contribution in [-0.4, -0.2) is 24.6 Å². The van der Waals surface area contributed by atoms with Gasteiger partial charge in [0, 0.05) is 6.54 Å². The third-order valence-electron chi connectivity index (χ3n) is 2.62. The van der Waals surface area contributed by atoms with Gasteiger partial charge in [-0.1, -0.05) is 0 Å². The van der Waals surface area contributed by atoms with Crippen LogP contribution in [0.4, 0.5) is 6.01 Å². The molecule has 1 aliphatic rings. The van der Waals surface area contributed by atoms with E-state index in [9.17, 15) is 0 Å². The summed E-state index contributed by atoms with van der Waals surface area (Å²) >= 11 is 0. The van der Waals surface area contributed by atoms with Crippen molar-refractivity contribution in [3.63, 3.8) is 0 Å². The van der Waals surface area contributed by atoms with E-state index in [0.717, 1.165) is 31.3 Å². The first-order valence-electron chi connectivity index (χ1n) is 5.21. The summed E-state index contributed by atoms with van der Waals surface area (Å²) in [6.45, 7) is 5.15. The number of aromatic nitrogens is 1. The standard InChI is InChI=1S/C10H17N3O/c1-8-6-12-10(14-8)13-7-9-2-4-11-5-3-9/h6,9,11H,2-5,7H2,1H3,(H,12,13). The summed E-state index contributed by atoms with van der Waals surface area (Å²) in [4.78, 5) is 4.11. The monoisotopic (exact) mass is 195 g/mol. The highest BCUT2D eigenvalue weighted by atomic mass is 16.4. The fourth-order valence-electron chi connectivity index (χ4n) is 1.75. The number of hydrogen-bond donors (Lipinski definition) is 2. The maximum absolute atomic E-state index is 5.34. The number of hydrogen-bond acceptors (Lipinski definition) is 4.